The predicted molar refractivity (Wildman–Crippen MR) is 122 cm³/mol. The van der Waals surface area contributed by atoms with Gasteiger partial charge in [0.1, 0.15) is 11.5 Å². The molecule has 14 heteroatoms. The van der Waals surface area contributed by atoms with Gasteiger partial charge in [-0.2, -0.15) is 23.0 Å². The van der Waals surface area contributed by atoms with Crippen LogP contribution in [0.3, 0.4) is 0 Å². The Morgan fingerprint density at radius 3 is 2.51 bits per heavy atom. The fourth-order valence-electron chi connectivity index (χ4n) is 3.52. The summed E-state index contributed by atoms with van der Waals surface area (Å²) >= 11 is 0. The van der Waals surface area contributed by atoms with Crippen LogP contribution in [-0.2, 0) is 23.1 Å². The number of terminal acetylenes is 1. The summed E-state index contributed by atoms with van der Waals surface area (Å²) in [4.78, 5) is 14.0. The lowest BCUT2D eigenvalue weighted by Crippen LogP contribution is -2.42. The van der Waals surface area contributed by atoms with E-state index in [9.17, 15) is 30.8 Å². The molecule has 188 valence electrons. The van der Waals surface area contributed by atoms with Gasteiger partial charge < -0.3 is 16.4 Å². The molecule has 0 bridgehead atoms. The summed E-state index contributed by atoms with van der Waals surface area (Å²) in [6.07, 6.45) is 1.88. The van der Waals surface area contributed by atoms with E-state index in [1.807, 2.05) is 0 Å². The van der Waals surface area contributed by atoms with E-state index >= 15 is 0 Å². The largest absolute Gasteiger partial charge is 0.419 e. The average Bonchev–Trinajstić information content (AvgIpc) is 2.77. The summed E-state index contributed by atoms with van der Waals surface area (Å²) < 4.78 is 78.6. The quantitative estimate of drug-likeness (QED) is 0.394. The molecule has 0 amide bonds. The molecule has 1 aromatic heterocycles. The van der Waals surface area contributed by atoms with Crippen LogP contribution in [0.15, 0.2) is 28.8 Å². The van der Waals surface area contributed by atoms with Crippen molar-refractivity contribution in [1.82, 2.24) is 9.58 Å². The van der Waals surface area contributed by atoms with Crippen molar-refractivity contribution in [2.75, 3.05) is 35.6 Å². The average molecular weight is 516 g/mol. The number of aromatic amines is 1. The number of benzene rings is 1. The third-order valence-corrected chi connectivity index (χ3v) is 7.09. The lowest BCUT2D eigenvalue weighted by Gasteiger charge is -2.28. The van der Waals surface area contributed by atoms with E-state index in [1.54, 1.807) is 4.90 Å². The van der Waals surface area contributed by atoms with Crippen LogP contribution in [0.5, 0.6) is 0 Å². The SMILES string of the molecule is C#C[C@@H](Nc1[nH+]n(C)c(=O)c(N)c1/C=C(\N)N1CCS(=O)(=O)CC1)c1cccc(C(F)(F)F)c1F. The Balaban J connectivity index is 2.05. The van der Waals surface area contributed by atoms with Crippen LogP contribution >= 0.6 is 0 Å². The number of anilines is 2. The Labute approximate surface area is 198 Å². The van der Waals surface area contributed by atoms with E-state index in [-0.39, 0.29) is 47.5 Å². The maximum atomic E-state index is 14.7. The molecule has 3 rings (SSSR count). The first-order valence-corrected chi connectivity index (χ1v) is 12.0. The zero-order valence-electron chi connectivity index (χ0n) is 18.5. The highest BCUT2D eigenvalue weighted by Gasteiger charge is 2.36. The van der Waals surface area contributed by atoms with E-state index in [1.165, 1.54) is 13.1 Å². The van der Waals surface area contributed by atoms with Gasteiger partial charge in [-0.1, -0.05) is 18.1 Å². The third-order valence-electron chi connectivity index (χ3n) is 5.48. The number of nitrogen functional groups attached to an aromatic ring is 1. The minimum absolute atomic E-state index is 0.0167. The highest BCUT2D eigenvalue weighted by Crippen LogP contribution is 2.34. The maximum absolute atomic E-state index is 14.7. The summed E-state index contributed by atoms with van der Waals surface area (Å²) in [6, 6.07) is 1.33. The number of alkyl halides is 3. The van der Waals surface area contributed by atoms with Gasteiger partial charge in [-0.25, -0.2) is 12.8 Å². The summed E-state index contributed by atoms with van der Waals surface area (Å²) in [5, 5.41) is 5.37. The molecular weight excluding hydrogens is 492 g/mol. The topological polar surface area (TPSA) is 138 Å². The van der Waals surface area contributed by atoms with Gasteiger partial charge in [0.2, 0.25) is 0 Å². The van der Waals surface area contributed by atoms with E-state index in [0.29, 0.717) is 6.07 Å². The van der Waals surface area contributed by atoms with Gasteiger partial charge in [-0.15, -0.1) is 6.42 Å². The van der Waals surface area contributed by atoms with Crippen molar-refractivity contribution >= 4 is 27.4 Å². The minimum atomic E-state index is -4.93. The summed E-state index contributed by atoms with van der Waals surface area (Å²) in [5.74, 6) is 0.510. The molecule has 0 aliphatic carbocycles. The predicted octanol–water partition coefficient (Wildman–Crippen LogP) is 0.713. The standard InChI is InChI=1S/C21H22F4N6O3S/c1-3-15(12-5-4-6-14(17(12)22)21(23,24)25)28-19-13(18(27)20(32)30(2)29-19)11-16(26)31-7-9-35(33,34)10-8-31/h1,4-6,11,15H,7-10,26-27H2,2H3,(H,28,29)/p+1/b16-11+/t15-/m1/s1. The van der Waals surface area contributed by atoms with E-state index in [2.05, 4.69) is 16.3 Å². The second kappa shape index (κ2) is 9.49. The first kappa shape index (κ1) is 25.9. The number of sulfone groups is 1. The van der Waals surface area contributed by atoms with Crippen LogP contribution in [0, 0.1) is 18.2 Å². The van der Waals surface area contributed by atoms with Crippen LogP contribution < -0.4 is 27.4 Å². The second-order valence-electron chi connectivity index (χ2n) is 7.84. The first-order chi connectivity index (χ1) is 16.2. The molecule has 1 aromatic carbocycles. The molecule has 1 atom stereocenters. The van der Waals surface area contributed by atoms with E-state index in [0.717, 1.165) is 16.8 Å². The smallest absolute Gasteiger partial charge is 0.393 e. The van der Waals surface area contributed by atoms with E-state index < -0.39 is 44.6 Å². The Kier molecular flexibility index (Phi) is 7.02. The van der Waals surface area contributed by atoms with Crippen LogP contribution in [0.4, 0.5) is 29.1 Å². The molecule has 35 heavy (non-hydrogen) atoms. The molecule has 0 unspecified atom stereocenters. The van der Waals surface area contributed by atoms with Crippen LogP contribution in [0.2, 0.25) is 0 Å². The molecule has 1 aliphatic rings. The molecule has 1 aliphatic heterocycles. The van der Waals surface area contributed by atoms with Gasteiger partial charge >= 0.3 is 17.6 Å². The molecule has 1 fully saturated rings. The van der Waals surface area contributed by atoms with E-state index in [4.69, 9.17) is 17.9 Å². The number of nitrogens with one attached hydrogen (secondary N) is 2. The summed E-state index contributed by atoms with van der Waals surface area (Å²) in [7, 11) is -1.84. The second-order valence-corrected chi connectivity index (χ2v) is 10.1. The van der Waals surface area contributed by atoms with Crippen molar-refractivity contribution in [3.05, 3.63) is 56.9 Å². The monoisotopic (exact) mass is 515 g/mol. The van der Waals surface area contributed by atoms with Crippen LogP contribution in [0.1, 0.15) is 22.7 Å². The Morgan fingerprint density at radius 2 is 1.94 bits per heavy atom. The Hall–Kier alpha value is -3.73. The van der Waals surface area contributed by atoms with Gasteiger partial charge in [0.15, 0.2) is 15.9 Å². The van der Waals surface area contributed by atoms with Crippen molar-refractivity contribution < 1.29 is 31.1 Å². The van der Waals surface area contributed by atoms with Crippen molar-refractivity contribution in [1.29, 1.82) is 0 Å². The molecule has 2 aromatic rings. The number of halogens is 4. The van der Waals surface area contributed by atoms with Gasteiger partial charge in [-0.3, -0.25) is 10.1 Å². The lowest BCUT2D eigenvalue weighted by molar-refractivity contribution is -0.478. The molecule has 0 radical (unpaired) electrons. The van der Waals surface area contributed by atoms with Crippen molar-refractivity contribution in [3.8, 4) is 12.3 Å². The number of hydrogen-bond donors (Lipinski definition) is 3. The first-order valence-electron chi connectivity index (χ1n) is 10.2. The maximum Gasteiger partial charge on any atom is 0.419 e. The molecule has 0 spiro atoms. The Morgan fingerprint density at radius 1 is 1.31 bits per heavy atom. The number of aromatic nitrogens is 2. The molecule has 1 saturated heterocycles. The number of nitrogens with zero attached hydrogens (tertiary/aromatic N) is 2. The van der Waals surface area contributed by atoms with Crippen LogP contribution in [-0.4, -0.2) is 42.6 Å². The van der Waals surface area contributed by atoms with Gasteiger partial charge in [0.25, 0.3) is 0 Å². The fraction of sp³-hybridized carbons (Fsp3) is 0.333. The third kappa shape index (κ3) is 5.51. The fourth-order valence-corrected chi connectivity index (χ4v) is 4.73. The summed E-state index contributed by atoms with van der Waals surface area (Å²) in [6.45, 7) is 0.231. The number of aryl methyl sites for hydroxylation is 1. The van der Waals surface area contributed by atoms with Gasteiger partial charge in [0.05, 0.1) is 35.5 Å². The van der Waals surface area contributed by atoms with Crippen molar-refractivity contribution in [3.63, 3.8) is 0 Å². The lowest BCUT2D eigenvalue weighted by atomic mass is 10.0. The molecule has 0 saturated carbocycles. The zero-order valence-corrected chi connectivity index (χ0v) is 19.3. The number of H-pyrrole nitrogens is 1. The minimum Gasteiger partial charge on any atom is -0.393 e. The molecular formula is C21H23F4N6O3S+. The number of rotatable bonds is 5. The van der Waals surface area contributed by atoms with Gasteiger partial charge in [0, 0.05) is 18.7 Å². The van der Waals surface area contributed by atoms with Crippen LogP contribution in [0.25, 0.3) is 6.08 Å². The Bertz CT molecular complexity index is 1370. The zero-order chi connectivity index (χ0) is 26.1. The van der Waals surface area contributed by atoms with Gasteiger partial charge in [-0.05, 0) is 12.1 Å². The van der Waals surface area contributed by atoms with Crippen molar-refractivity contribution in [2.45, 2.75) is 12.2 Å². The highest BCUT2D eigenvalue weighted by molar-refractivity contribution is 7.91. The highest BCUT2D eigenvalue weighted by atomic mass is 32.2. The molecule has 6 N–H and O–H groups in total. The number of nitrogens with two attached hydrogens (primary N) is 2. The molecule has 9 nitrogen and oxygen atoms in total. The normalized spacial score (nSPS) is 17.0. The summed E-state index contributed by atoms with van der Waals surface area (Å²) in [5.41, 5.74) is 9.28. The number of hydrogen-bond acceptors (Lipinski definition) is 7. The van der Waals surface area contributed by atoms with Crippen molar-refractivity contribution in [2.24, 2.45) is 12.8 Å². The molecule has 2 heterocycles.